The van der Waals surface area contributed by atoms with Gasteiger partial charge in [-0.25, -0.2) is 18.2 Å². The number of aromatic nitrogens is 1. The summed E-state index contributed by atoms with van der Waals surface area (Å²) in [6, 6.07) is 6.52. The minimum atomic E-state index is -3.77. The average molecular weight is 599 g/mol. The summed E-state index contributed by atoms with van der Waals surface area (Å²) in [6.07, 6.45) is 3.40. The SMILES string of the molecule is CC(C)(C)OC(=O)N1CCN(S(=O)(=O)c2ccc(C(CC3CCOCC3)C(=O)Nc3ncc(Cl)s3)cc2)CC1. The van der Waals surface area contributed by atoms with E-state index in [-0.39, 0.29) is 37.0 Å². The van der Waals surface area contributed by atoms with Gasteiger partial charge in [-0.15, -0.1) is 0 Å². The van der Waals surface area contributed by atoms with Crippen LogP contribution in [0.5, 0.6) is 0 Å². The minimum Gasteiger partial charge on any atom is -0.444 e. The first-order valence-corrected chi connectivity index (χ1v) is 15.6. The molecule has 0 saturated carbocycles. The molecule has 10 nitrogen and oxygen atoms in total. The summed E-state index contributed by atoms with van der Waals surface area (Å²) in [6.45, 7) is 7.56. The Balaban J connectivity index is 1.45. The van der Waals surface area contributed by atoms with E-state index in [0.717, 1.165) is 18.4 Å². The normalized spacial score (nSPS) is 18.5. The number of rotatable bonds is 7. The van der Waals surface area contributed by atoms with Crippen molar-refractivity contribution in [2.75, 3.05) is 44.7 Å². The molecule has 39 heavy (non-hydrogen) atoms. The van der Waals surface area contributed by atoms with Gasteiger partial charge >= 0.3 is 6.09 Å². The van der Waals surface area contributed by atoms with Crippen LogP contribution in [0, 0.1) is 5.92 Å². The smallest absolute Gasteiger partial charge is 0.410 e. The first kappa shape index (κ1) is 29.7. The Kier molecular flexibility index (Phi) is 9.53. The number of anilines is 1. The number of sulfonamides is 1. The molecule has 0 spiro atoms. The van der Waals surface area contributed by atoms with Crippen molar-refractivity contribution in [2.45, 2.75) is 56.4 Å². The topological polar surface area (TPSA) is 118 Å². The molecule has 2 saturated heterocycles. The van der Waals surface area contributed by atoms with Crippen LogP contribution in [-0.2, 0) is 24.3 Å². The standard InChI is InChI=1S/C26H35ClN4O6S2/c1-26(2,3)37-25(33)30-10-12-31(13-11-30)39(34,35)20-6-4-19(5-7-20)21(16-18-8-14-36-15-9-18)23(32)29-24-28-17-22(27)38-24/h4-7,17-18,21H,8-16H2,1-3H3,(H,28,29,32). The first-order valence-electron chi connectivity index (χ1n) is 13.0. The molecule has 1 unspecified atom stereocenters. The lowest BCUT2D eigenvalue weighted by Gasteiger charge is -2.35. The number of carbonyl (C=O) groups is 2. The third kappa shape index (κ3) is 7.91. The van der Waals surface area contributed by atoms with Gasteiger partial charge in [0.1, 0.15) is 9.94 Å². The zero-order valence-electron chi connectivity index (χ0n) is 22.4. The molecule has 2 aromatic rings. The number of hydrogen-bond acceptors (Lipinski definition) is 8. The van der Waals surface area contributed by atoms with Crippen molar-refractivity contribution in [2.24, 2.45) is 5.92 Å². The Morgan fingerprint density at radius 1 is 1.15 bits per heavy atom. The van der Waals surface area contributed by atoms with Gasteiger partial charge in [-0.2, -0.15) is 4.31 Å². The Hall–Kier alpha value is -2.25. The van der Waals surface area contributed by atoms with E-state index in [2.05, 4.69) is 10.3 Å². The molecule has 2 amide bonds. The molecular weight excluding hydrogens is 564 g/mol. The quantitative estimate of drug-likeness (QED) is 0.496. The maximum Gasteiger partial charge on any atom is 0.410 e. The molecule has 3 heterocycles. The Labute approximate surface area is 238 Å². The van der Waals surface area contributed by atoms with E-state index < -0.39 is 27.6 Å². The van der Waals surface area contributed by atoms with Gasteiger partial charge in [0.05, 0.1) is 17.0 Å². The predicted molar refractivity (Wildman–Crippen MR) is 150 cm³/mol. The lowest BCUT2D eigenvalue weighted by Crippen LogP contribution is -2.51. The van der Waals surface area contributed by atoms with Crippen LogP contribution < -0.4 is 5.32 Å². The van der Waals surface area contributed by atoms with Crippen LogP contribution in [0.4, 0.5) is 9.93 Å². The molecule has 1 N–H and O–H groups in total. The second-order valence-corrected chi connectivity index (χ2v) is 14.3. The average Bonchev–Trinajstić information content (AvgIpc) is 3.31. The fraction of sp³-hybridized carbons (Fsp3) is 0.577. The summed E-state index contributed by atoms with van der Waals surface area (Å²) in [5.74, 6) is -0.370. The summed E-state index contributed by atoms with van der Waals surface area (Å²) in [5, 5.41) is 3.28. The summed E-state index contributed by atoms with van der Waals surface area (Å²) in [5.41, 5.74) is 0.116. The maximum atomic E-state index is 13.3. The fourth-order valence-electron chi connectivity index (χ4n) is 4.67. The summed E-state index contributed by atoms with van der Waals surface area (Å²) in [4.78, 5) is 31.5. The number of piperazine rings is 1. The third-order valence-electron chi connectivity index (χ3n) is 6.74. The van der Waals surface area contributed by atoms with Gasteiger partial charge in [0.15, 0.2) is 5.13 Å². The molecule has 0 radical (unpaired) electrons. The van der Waals surface area contributed by atoms with Crippen LogP contribution in [0.2, 0.25) is 4.34 Å². The largest absolute Gasteiger partial charge is 0.444 e. The predicted octanol–water partition coefficient (Wildman–Crippen LogP) is 4.58. The van der Waals surface area contributed by atoms with E-state index in [0.29, 0.717) is 35.0 Å². The first-order chi connectivity index (χ1) is 18.4. The van der Waals surface area contributed by atoms with Crippen LogP contribution >= 0.6 is 22.9 Å². The molecular formula is C26H35ClN4O6S2. The van der Waals surface area contributed by atoms with Gasteiger partial charge in [-0.1, -0.05) is 35.1 Å². The highest BCUT2D eigenvalue weighted by Crippen LogP contribution is 2.32. The highest BCUT2D eigenvalue weighted by atomic mass is 35.5. The number of carbonyl (C=O) groups excluding carboxylic acids is 2. The van der Waals surface area contributed by atoms with Crippen LogP contribution in [0.25, 0.3) is 0 Å². The number of nitrogens with zero attached hydrogens (tertiary/aromatic N) is 3. The lowest BCUT2D eigenvalue weighted by atomic mass is 9.84. The molecule has 0 bridgehead atoms. The van der Waals surface area contributed by atoms with E-state index in [1.54, 1.807) is 45.0 Å². The second-order valence-electron chi connectivity index (χ2n) is 10.7. The molecule has 1 atom stereocenters. The number of benzene rings is 1. The van der Waals surface area contributed by atoms with Gasteiger partial charge < -0.3 is 19.7 Å². The van der Waals surface area contributed by atoms with Crippen molar-refractivity contribution in [1.82, 2.24) is 14.2 Å². The van der Waals surface area contributed by atoms with Crippen LogP contribution in [-0.4, -0.2) is 79.6 Å². The summed E-state index contributed by atoms with van der Waals surface area (Å²) >= 11 is 7.16. The van der Waals surface area contributed by atoms with Gasteiger partial charge in [0, 0.05) is 39.4 Å². The second kappa shape index (κ2) is 12.5. The van der Waals surface area contributed by atoms with Gasteiger partial charge in [-0.3, -0.25) is 4.79 Å². The van der Waals surface area contributed by atoms with E-state index in [4.69, 9.17) is 21.1 Å². The van der Waals surface area contributed by atoms with E-state index >= 15 is 0 Å². The highest BCUT2D eigenvalue weighted by Gasteiger charge is 2.33. The molecule has 13 heteroatoms. The van der Waals surface area contributed by atoms with E-state index in [1.165, 1.54) is 26.7 Å². The number of halogens is 1. The number of nitrogens with one attached hydrogen (secondary N) is 1. The Bertz CT molecular complexity index is 1250. The summed E-state index contributed by atoms with van der Waals surface area (Å²) in [7, 11) is -3.77. The monoisotopic (exact) mass is 598 g/mol. The Morgan fingerprint density at radius 3 is 2.36 bits per heavy atom. The zero-order valence-corrected chi connectivity index (χ0v) is 24.8. The van der Waals surface area contributed by atoms with E-state index in [1.807, 2.05) is 0 Å². The van der Waals surface area contributed by atoms with Gasteiger partial charge in [0.25, 0.3) is 0 Å². The van der Waals surface area contributed by atoms with E-state index in [9.17, 15) is 18.0 Å². The van der Waals surface area contributed by atoms with Crippen molar-refractivity contribution in [3.8, 4) is 0 Å². The van der Waals surface area contributed by atoms with Crippen molar-refractivity contribution in [3.05, 3.63) is 40.4 Å². The zero-order chi connectivity index (χ0) is 28.2. The number of hydrogen-bond donors (Lipinski definition) is 1. The molecule has 2 fully saturated rings. The van der Waals surface area contributed by atoms with Crippen LogP contribution in [0.3, 0.4) is 0 Å². The summed E-state index contributed by atoms with van der Waals surface area (Å²) < 4.78 is 39.4. The molecule has 214 valence electrons. The number of thiazole rings is 1. The van der Waals surface area contributed by atoms with Gasteiger partial charge in [0.2, 0.25) is 15.9 Å². The molecule has 4 rings (SSSR count). The van der Waals surface area contributed by atoms with Crippen LogP contribution in [0.1, 0.15) is 51.5 Å². The number of amides is 2. The molecule has 0 aliphatic carbocycles. The highest BCUT2D eigenvalue weighted by molar-refractivity contribution is 7.89. The molecule has 2 aliphatic rings. The molecule has 1 aromatic heterocycles. The third-order valence-corrected chi connectivity index (χ3v) is 9.69. The molecule has 1 aromatic carbocycles. The Morgan fingerprint density at radius 2 is 1.79 bits per heavy atom. The molecule has 2 aliphatic heterocycles. The number of ether oxygens (including phenoxy) is 2. The van der Waals surface area contributed by atoms with Crippen molar-refractivity contribution in [3.63, 3.8) is 0 Å². The van der Waals surface area contributed by atoms with Crippen molar-refractivity contribution >= 4 is 50.1 Å². The van der Waals surface area contributed by atoms with Crippen molar-refractivity contribution < 1.29 is 27.5 Å². The fourth-order valence-corrected chi connectivity index (χ4v) is 6.91. The maximum absolute atomic E-state index is 13.3. The van der Waals surface area contributed by atoms with Crippen LogP contribution in [0.15, 0.2) is 35.4 Å². The minimum absolute atomic E-state index is 0.147. The lowest BCUT2D eigenvalue weighted by molar-refractivity contribution is -0.118. The van der Waals surface area contributed by atoms with Gasteiger partial charge in [-0.05, 0) is 63.6 Å². The van der Waals surface area contributed by atoms with Crippen molar-refractivity contribution in [1.29, 1.82) is 0 Å².